The summed E-state index contributed by atoms with van der Waals surface area (Å²) in [6.07, 6.45) is 0. The van der Waals surface area contributed by atoms with E-state index in [1.54, 1.807) is 36.4 Å². The first-order valence-corrected chi connectivity index (χ1v) is 6.87. The van der Waals surface area contributed by atoms with E-state index >= 15 is 0 Å². The van der Waals surface area contributed by atoms with E-state index in [2.05, 4.69) is 15.4 Å². The van der Waals surface area contributed by atoms with Gasteiger partial charge in [0.25, 0.3) is 0 Å². The lowest BCUT2D eigenvalue weighted by Crippen LogP contribution is -2.29. The summed E-state index contributed by atoms with van der Waals surface area (Å²) < 4.78 is 4.60. The summed E-state index contributed by atoms with van der Waals surface area (Å²) in [4.78, 5) is 35.2. The number of anilines is 2. The van der Waals surface area contributed by atoms with Gasteiger partial charge < -0.3 is 15.4 Å². The molecule has 0 unspecified atom stereocenters. The highest BCUT2D eigenvalue weighted by Gasteiger charge is 2.15. The van der Waals surface area contributed by atoms with E-state index in [-0.39, 0.29) is 5.56 Å². The van der Waals surface area contributed by atoms with Crippen molar-refractivity contribution in [2.45, 2.75) is 6.92 Å². The minimum Gasteiger partial charge on any atom is -0.465 e. The first kappa shape index (κ1) is 16.2. The molecule has 0 aliphatic heterocycles. The van der Waals surface area contributed by atoms with Crippen LogP contribution >= 0.6 is 0 Å². The molecule has 0 aromatic heterocycles. The highest BCUT2D eigenvalue weighted by molar-refractivity contribution is 6.43. The van der Waals surface area contributed by atoms with Crippen molar-refractivity contribution in [3.63, 3.8) is 0 Å². The Hall–Kier alpha value is -3.15. The number of methoxy groups -OCH3 is 1. The molecule has 0 aliphatic rings. The maximum absolute atomic E-state index is 11.9. The van der Waals surface area contributed by atoms with Crippen molar-refractivity contribution < 1.29 is 19.1 Å². The zero-order chi connectivity index (χ0) is 16.8. The third-order valence-electron chi connectivity index (χ3n) is 3.02. The second-order valence-corrected chi connectivity index (χ2v) is 4.85. The van der Waals surface area contributed by atoms with Crippen LogP contribution in [-0.4, -0.2) is 24.9 Å². The Morgan fingerprint density at radius 2 is 1.43 bits per heavy atom. The van der Waals surface area contributed by atoms with Crippen LogP contribution < -0.4 is 10.6 Å². The molecule has 0 atom stereocenters. The van der Waals surface area contributed by atoms with Crippen LogP contribution in [-0.2, 0) is 14.3 Å². The van der Waals surface area contributed by atoms with E-state index in [4.69, 9.17) is 0 Å². The Morgan fingerprint density at radius 1 is 0.870 bits per heavy atom. The number of amides is 2. The molecule has 118 valence electrons. The quantitative estimate of drug-likeness (QED) is 0.673. The van der Waals surface area contributed by atoms with E-state index < -0.39 is 17.8 Å². The lowest BCUT2D eigenvalue weighted by molar-refractivity contribution is -0.132. The monoisotopic (exact) mass is 312 g/mol. The van der Waals surface area contributed by atoms with Gasteiger partial charge in [-0.25, -0.2) is 4.79 Å². The van der Waals surface area contributed by atoms with Crippen LogP contribution in [0.25, 0.3) is 0 Å². The lowest BCUT2D eigenvalue weighted by atomic mass is 10.2. The molecule has 0 fully saturated rings. The van der Waals surface area contributed by atoms with Crippen molar-refractivity contribution in [1.29, 1.82) is 0 Å². The molecule has 2 aromatic rings. The fraction of sp³-hybridized carbons (Fsp3) is 0.118. The Bertz CT molecular complexity index is 756. The molecule has 6 nitrogen and oxygen atoms in total. The first-order valence-electron chi connectivity index (χ1n) is 6.87. The topological polar surface area (TPSA) is 84.5 Å². The Balaban J connectivity index is 2.04. The molecular formula is C17H16N2O4. The number of aryl methyl sites for hydroxylation is 1. The standard InChI is InChI=1S/C17H16N2O4/c1-11-5-3-7-13(9-11)18-15(20)16(21)19-14-8-4-6-12(10-14)17(22)23-2/h3-10H,1-2H3,(H,18,20)(H,19,21). The fourth-order valence-corrected chi connectivity index (χ4v) is 1.94. The van der Waals surface area contributed by atoms with Crippen molar-refractivity contribution in [3.8, 4) is 0 Å². The molecule has 0 heterocycles. The molecule has 0 spiro atoms. The zero-order valence-corrected chi connectivity index (χ0v) is 12.8. The van der Waals surface area contributed by atoms with E-state index in [1.165, 1.54) is 13.2 Å². The molecule has 0 bridgehead atoms. The lowest BCUT2D eigenvalue weighted by Gasteiger charge is -2.08. The van der Waals surface area contributed by atoms with Gasteiger partial charge in [0, 0.05) is 11.4 Å². The Labute approximate surface area is 133 Å². The van der Waals surface area contributed by atoms with Gasteiger partial charge in [-0.1, -0.05) is 18.2 Å². The predicted octanol–water partition coefficient (Wildman–Crippen LogP) is 2.36. The maximum Gasteiger partial charge on any atom is 0.337 e. The van der Waals surface area contributed by atoms with Crippen molar-refractivity contribution in [2.24, 2.45) is 0 Å². The van der Waals surface area contributed by atoms with Crippen LogP contribution in [0, 0.1) is 6.92 Å². The van der Waals surface area contributed by atoms with Crippen LogP contribution in [0.3, 0.4) is 0 Å². The third kappa shape index (κ3) is 4.41. The summed E-state index contributed by atoms with van der Waals surface area (Å²) in [5.41, 5.74) is 2.11. The minimum atomic E-state index is -0.825. The molecule has 2 amide bonds. The van der Waals surface area contributed by atoms with Gasteiger partial charge in [-0.15, -0.1) is 0 Å². The number of hydrogen-bond acceptors (Lipinski definition) is 4. The number of hydrogen-bond donors (Lipinski definition) is 2. The van der Waals surface area contributed by atoms with Gasteiger partial charge >= 0.3 is 17.8 Å². The van der Waals surface area contributed by atoms with Gasteiger partial charge in [-0.2, -0.15) is 0 Å². The van der Waals surface area contributed by atoms with Crippen LogP contribution in [0.5, 0.6) is 0 Å². The maximum atomic E-state index is 11.9. The summed E-state index contributed by atoms with van der Waals surface area (Å²) in [5, 5.41) is 4.95. The molecule has 0 radical (unpaired) electrons. The summed E-state index contributed by atoms with van der Waals surface area (Å²) in [6.45, 7) is 1.88. The molecule has 0 saturated carbocycles. The number of esters is 1. The van der Waals surface area contributed by atoms with Crippen LogP contribution in [0.4, 0.5) is 11.4 Å². The third-order valence-corrected chi connectivity index (χ3v) is 3.02. The number of carbonyl (C=O) groups excluding carboxylic acids is 3. The van der Waals surface area contributed by atoms with Crippen molar-refractivity contribution >= 4 is 29.2 Å². The number of carbonyl (C=O) groups is 3. The minimum absolute atomic E-state index is 0.282. The summed E-state index contributed by atoms with van der Waals surface area (Å²) in [7, 11) is 1.27. The van der Waals surface area contributed by atoms with Gasteiger partial charge in [0.05, 0.1) is 12.7 Å². The summed E-state index contributed by atoms with van der Waals surface area (Å²) in [5.74, 6) is -2.14. The summed E-state index contributed by atoms with van der Waals surface area (Å²) >= 11 is 0. The largest absolute Gasteiger partial charge is 0.465 e. The molecule has 0 aliphatic carbocycles. The normalized spacial score (nSPS) is 9.83. The van der Waals surface area contributed by atoms with Gasteiger partial charge in [-0.3, -0.25) is 9.59 Å². The van der Waals surface area contributed by atoms with Gasteiger partial charge in [0.15, 0.2) is 0 Å². The number of benzene rings is 2. The number of nitrogens with one attached hydrogen (secondary N) is 2. The zero-order valence-electron chi connectivity index (χ0n) is 12.8. The van der Waals surface area contributed by atoms with Crippen molar-refractivity contribution in [3.05, 3.63) is 59.7 Å². The molecule has 2 aromatic carbocycles. The first-order chi connectivity index (χ1) is 11.0. The molecular weight excluding hydrogens is 296 g/mol. The highest BCUT2D eigenvalue weighted by Crippen LogP contribution is 2.13. The Morgan fingerprint density at radius 3 is 2.00 bits per heavy atom. The predicted molar refractivity (Wildman–Crippen MR) is 86.2 cm³/mol. The van der Waals surface area contributed by atoms with Gasteiger partial charge in [0.1, 0.15) is 0 Å². The van der Waals surface area contributed by atoms with E-state index in [9.17, 15) is 14.4 Å². The fourth-order valence-electron chi connectivity index (χ4n) is 1.94. The highest BCUT2D eigenvalue weighted by atomic mass is 16.5. The molecule has 2 N–H and O–H groups in total. The second kappa shape index (κ2) is 7.22. The molecule has 23 heavy (non-hydrogen) atoms. The van der Waals surface area contributed by atoms with Crippen molar-refractivity contribution in [1.82, 2.24) is 0 Å². The smallest absolute Gasteiger partial charge is 0.337 e. The van der Waals surface area contributed by atoms with E-state index in [0.717, 1.165) is 5.56 Å². The van der Waals surface area contributed by atoms with Crippen molar-refractivity contribution in [2.75, 3.05) is 17.7 Å². The van der Waals surface area contributed by atoms with Gasteiger partial charge in [-0.05, 0) is 42.8 Å². The summed E-state index contributed by atoms with van der Waals surface area (Å²) in [6, 6.07) is 13.2. The van der Waals surface area contributed by atoms with Crippen LogP contribution in [0.2, 0.25) is 0 Å². The average Bonchev–Trinajstić information content (AvgIpc) is 2.54. The van der Waals surface area contributed by atoms with Crippen LogP contribution in [0.15, 0.2) is 48.5 Å². The molecule has 0 saturated heterocycles. The van der Waals surface area contributed by atoms with E-state index in [1.807, 2.05) is 13.0 Å². The Kier molecular flexibility index (Phi) is 5.09. The molecule has 2 rings (SSSR count). The van der Waals surface area contributed by atoms with Gasteiger partial charge in [0.2, 0.25) is 0 Å². The number of ether oxygens (including phenoxy) is 1. The molecule has 6 heteroatoms. The second-order valence-electron chi connectivity index (χ2n) is 4.85. The SMILES string of the molecule is COC(=O)c1cccc(NC(=O)C(=O)Nc2cccc(C)c2)c1. The average molecular weight is 312 g/mol. The van der Waals surface area contributed by atoms with Crippen LogP contribution in [0.1, 0.15) is 15.9 Å². The number of rotatable bonds is 3. The van der Waals surface area contributed by atoms with E-state index in [0.29, 0.717) is 11.4 Å².